The average Bonchev–Trinajstić information content (AvgIpc) is 3.38. The van der Waals surface area contributed by atoms with Crippen molar-refractivity contribution in [3.8, 4) is 23.2 Å². The van der Waals surface area contributed by atoms with Crippen LogP contribution in [0, 0.1) is 11.3 Å². The second kappa shape index (κ2) is 9.10. The van der Waals surface area contributed by atoms with Gasteiger partial charge in [-0.05, 0) is 48.4 Å². The number of alkyl halides is 2. The van der Waals surface area contributed by atoms with Crippen LogP contribution in [-0.2, 0) is 23.3 Å². The molecule has 11 heteroatoms. The van der Waals surface area contributed by atoms with Gasteiger partial charge >= 0.3 is 0 Å². The number of rotatable bonds is 6. The van der Waals surface area contributed by atoms with E-state index in [4.69, 9.17) is 9.47 Å². The van der Waals surface area contributed by atoms with Crippen LogP contribution in [0.15, 0.2) is 48.8 Å². The summed E-state index contributed by atoms with van der Waals surface area (Å²) in [6.45, 7) is 2.64. The molecule has 1 unspecified atom stereocenters. The molecule has 4 heterocycles. The van der Waals surface area contributed by atoms with Gasteiger partial charge in [0.25, 0.3) is 11.8 Å². The molecule has 0 spiro atoms. The Hall–Kier alpha value is -4.43. The number of nitrogens with zero attached hydrogens (tertiary/aromatic N) is 5. The number of fused-ring (bicyclic) bond motifs is 2. The molecular weight excluding hydrogens is 506 g/mol. The maximum Gasteiger partial charge on any atom is 0.272 e. The Morgan fingerprint density at radius 3 is 2.87 bits per heavy atom. The van der Waals surface area contributed by atoms with Gasteiger partial charge in [-0.2, -0.15) is 5.26 Å². The van der Waals surface area contributed by atoms with Crippen molar-refractivity contribution in [3.05, 3.63) is 71.2 Å². The summed E-state index contributed by atoms with van der Waals surface area (Å²) in [5.41, 5.74) is 3.58. The van der Waals surface area contributed by atoms with Crippen LogP contribution in [0.5, 0.6) is 5.88 Å². The number of pyridine rings is 2. The third kappa shape index (κ3) is 4.46. The number of benzene rings is 1. The Kier molecular flexibility index (Phi) is 5.80. The molecule has 0 bridgehead atoms. The van der Waals surface area contributed by atoms with Crippen LogP contribution in [0.3, 0.4) is 0 Å². The fourth-order valence-corrected chi connectivity index (χ4v) is 4.82. The van der Waals surface area contributed by atoms with E-state index in [2.05, 4.69) is 26.5 Å². The summed E-state index contributed by atoms with van der Waals surface area (Å²) in [5, 5.41) is 17.5. The fraction of sp³-hybridized carbons (Fsp3) is 0.321. The normalized spacial score (nSPS) is 21.2. The van der Waals surface area contributed by atoms with Crippen molar-refractivity contribution < 1.29 is 23.0 Å². The SMILES string of the molecule is COc1nn(C2CC2(F)F)cc1-c1ccc2cnc(CNC(=O)c3ccc4c(c3)[C@](C)(C#N)COC4)cc2n1. The highest BCUT2D eigenvalue weighted by Crippen LogP contribution is 2.53. The summed E-state index contributed by atoms with van der Waals surface area (Å²) in [6, 6.07) is 12.0. The number of hydrogen-bond acceptors (Lipinski definition) is 7. The minimum atomic E-state index is -2.76. The number of amides is 1. The number of ether oxygens (including phenoxy) is 2. The fourth-order valence-electron chi connectivity index (χ4n) is 4.82. The van der Waals surface area contributed by atoms with Gasteiger partial charge in [0.2, 0.25) is 5.88 Å². The zero-order valence-electron chi connectivity index (χ0n) is 21.2. The third-order valence-corrected chi connectivity index (χ3v) is 7.20. The number of halogens is 2. The number of nitriles is 1. The number of aromatic nitrogens is 4. The van der Waals surface area contributed by atoms with Crippen LogP contribution in [0.4, 0.5) is 8.78 Å². The van der Waals surface area contributed by atoms with Crippen molar-refractivity contribution in [1.82, 2.24) is 25.1 Å². The Bertz CT molecular complexity index is 1660. The summed E-state index contributed by atoms with van der Waals surface area (Å²) >= 11 is 0. The molecule has 39 heavy (non-hydrogen) atoms. The van der Waals surface area contributed by atoms with E-state index in [9.17, 15) is 18.8 Å². The summed E-state index contributed by atoms with van der Waals surface area (Å²) in [4.78, 5) is 22.1. The summed E-state index contributed by atoms with van der Waals surface area (Å²) < 4.78 is 39.2. The van der Waals surface area contributed by atoms with E-state index in [-0.39, 0.29) is 31.4 Å². The van der Waals surface area contributed by atoms with Gasteiger partial charge < -0.3 is 14.8 Å². The molecular formula is C28H24F2N6O3. The lowest BCUT2D eigenvalue weighted by Crippen LogP contribution is -2.33. The first-order chi connectivity index (χ1) is 18.7. The molecule has 1 aromatic carbocycles. The summed E-state index contributed by atoms with van der Waals surface area (Å²) in [7, 11) is 1.43. The molecule has 4 aromatic rings. The molecule has 1 aliphatic heterocycles. The Morgan fingerprint density at radius 2 is 2.13 bits per heavy atom. The van der Waals surface area contributed by atoms with Crippen molar-refractivity contribution in [1.29, 1.82) is 5.26 Å². The van der Waals surface area contributed by atoms with Gasteiger partial charge in [-0.3, -0.25) is 14.5 Å². The molecule has 1 fully saturated rings. The van der Waals surface area contributed by atoms with E-state index in [0.717, 1.165) is 16.5 Å². The van der Waals surface area contributed by atoms with Crippen molar-refractivity contribution in [3.63, 3.8) is 0 Å². The van der Waals surface area contributed by atoms with Crippen LogP contribution in [0.1, 0.15) is 46.6 Å². The Morgan fingerprint density at radius 1 is 1.31 bits per heavy atom. The molecule has 2 aliphatic rings. The highest BCUT2D eigenvalue weighted by atomic mass is 19.3. The first-order valence-corrected chi connectivity index (χ1v) is 12.4. The van der Waals surface area contributed by atoms with Gasteiger partial charge in [-0.1, -0.05) is 6.07 Å². The molecule has 1 N–H and O–H groups in total. The van der Waals surface area contributed by atoms with Crippen LogP contribution < -0.4 is 10.1 Å². The minimum absolute atomic E-state index is 0.161. The lowest BCUT2D eigenvalue weighted by Gasteiger charge is -2.30. The summed E-state index contributed by atoms with van der Waals surface area (Å²) in [5.74, 6) is -2.84. The molecule has 0 saturated heterocycles. The highest BCUT2D eigenvalue weighted by molar-refractivity contribution is 5.94. The zero-order valence-corrected chi connectivity index (χ0v) is 21.2. The molecule has 3 aromatic heterocycles. The number of methoxy groups -OCH3 is 1. The number of nitrogens with one attached hydrogen (secondary N) is 1. The molecule has 9 nitrogen and oxygen atoms in total. The zero-order chi connectivity index (χ0) is 27.4. The topological polar surface area (TPSA) is 115 Å². The second-order valence-corrected chi connectivity index (χ2v) is 10.1. The predicted molar refractivity (Wildman–Crippen MR) is 136 cm³/mol. The van der Waals surface area contributed by atoms with Crippen molar-refractivity contribution >= 4 is 16.8 Å². The highest BCUT2D eigenvalue weighted by Gasteiger charge is 2.59. The van der Waals surface area contributed by atoms with Crippen molar-refractivity contribution in [2.45, 2.75) is 43.9 Å². The first-order valence-electron chi connectivity index (χ1n) is 12.4. The number of carbonyl (C=O) groups excluding carboxylic acids is 1. The molecule has 198 valence electrons. The van der Waals surface area contributed by atoms with E-state index in [1.807, 2.05) is 12.1 Å². The van der Waals surface area contributed by atoms with E-state index in [1.54, 1.807) is 37.4 Å². The average molecular weight is 531 g/mol. The van der Waals surface area contributed by atoms with E-state index in [1.165, 1.54) is 18.0 Å². The molecule has 0 radical (unpaired) electrons. The quantitative estimate of drug-likeness (QED) is 0.395. The van der Waals surface area contributed by atoms with Gasteiger partial charge in [-0.15, -0.1) is 5.10 Å². The molecule has 1 saturated carbocycles. The van der Waals surface area contributed by atoms with Crippen molar-refractivity contribution in [2.24, 2.45) is 0 Å². The predicted octanol–water partition coefficient (Wildman–Crippen LogP) is 4.32. The van der Waals surface area contributed by atoms with Crippen LogP contribution in [0.25, 0.3) is 22.2 Å². The van der Waals surface area contributed by atoms with Gasteiger partial charge in [0.15, 0.2) is 0 Å². The van der Waals surface area contributed by atoms with E-state index >= 15 is 0 Å². The molecule has 1 aliphatic carbocycles. The van der Waals surface area contributed by atoms with Crippen LogP contribution in [-0.4, -0.2) is 45.3 Å². The Balaban J connectivity index is 1.22. The third-order valence-electron chi connectivity index (χ3n) is 7.20. The van der Waals surface area contributed by atoms with Gasteiger partial charge in [0, 0.05) is 29.8 Å². The number of hydrogen-bond donors (Lipinski definition) is 1. The van der Waals surface area contributed by atoms with Gasteiger partial charge in [-0.25, -0.2) is 13.8 Å². The largest absolute Gasteiger partial charge is 0.479 e. The smallest absolute Gasteiger partial charge is 0.272 e. The van der Waals surface area contributed by atoms with Gasteiger partial charge in [0.1, 0.15) is 11.5 Å². The van der Waals surface area contributed by atoms with Gasteiger partial charge in [0.05, 0.1) is 55.4 Å². The lowest BCUT2D eigenvalue weighted by atomic mass is 9.79. The maximum absolute atomic E-state index is 13.6. The first kappa shape index (κ1) is 24.9. The summed E-state index contributed by atoms with van der Waals surface area (Å²) in [6.07, 6.45) is 2.94. The van der Waals surface area contributed by atoms with Crippen molar-refractivity contribution in [2.75, 3.05) is 13.7 Å². The van der Waals surface area contributed by atoms with Crippen LogP contribution in [0.2, 0.25) is 0 Å². The Labute approximate surface area is 222 Å². The molecule has 6 rings (SSSR count). The lowest BCUT2D eigenvalue weighted by molar-refractivity contribution is 0.0757. The van der Waals surface area contributed by atoms with E-state index in [0.29, 0.717) is 34.6 Å². The number of carbonyl (C=O) groups is 1. The second-order valence-electron chi connectivity index (χ2n) is 10.1. The maximum atomic E-state index is 13.6. The van der Waals surface area contributed by atoms with Crippen LogP contribution >= 0.6 is 0 Å². The monoisotopic (exact) mass is 530 g/mol. The molecule has 1 amide bonds. The standard InChI is InChI=1S/C28H24F2N6O3/c1-27(14-31)15-39-13-18-4-3-16(7-21(18)27)25(37)33-11-19-8-23-17(10-32-19)5-6-22(34-23)20-12-36(35-26(20)38-2)24-9-28(24,29)30/h3-8,10,12,24H,9,11,13,15H2,1-2H3,(H,33,37)/t24?,27-/m1/s1. The molecule has 2 atom stereocenters. The van der Waals surface area contributed by atoms with E-state index < -0.39 is 17.4 Å². The minimum Gasteiger partial charge on any atom is -0.479 e.